The van der Waals surface area contributed by atoms with Gasteiger partial charge in [-0.3, -0.25) is 4.79 Å². The van der Waals surface area contributed by atoms with E-state index in [2.05, 4.69) is 10.1 Å². The Balaban J connectivity index is 2.23. The van der Waals surface area contributed by atoms with Crippen LogP contribution in [0.15, 0.2) is 30.7 Å². The second kappa shape index (κ2) is 4.75. The van der Waals surface area contributed by atoms with E-state index in [0.717, 1.165) is 12.0 Å². The monoisotopic (exact) mass is 231 g/mol. The molecule has 0 unspecified atom stereocenters. The number of pyridine rings is 1. The van der Waals surface area contributed by atoms with E-state index in [-0.39, 0.29) is 0 Å². The molecule has 0 atom stereocenters. The largest absolute Gasteiger partial charge is 0.366 e. The Bertz CT molecular complexity index is 517. The highest BCUT2D eigenvalue weighted by molar-refractivity contribution is 5.92. The number of nitrogens with two attached hydrogens (primary N) is 2. The fraction of sp³-hybridized carbons (Fsp3) is 0.182. The predicted molar refractivity (Wildman–Crippen MR) is 62.6 cm³/mol. The zero-order valence-corrected chi connectivity index (χ0v) is 9.21. The maximum absolute atomic E-state index is 10.9. The third-order valence-corrected chi connectivity index (χ3v) is 2.34. The molecule has 0 saturated carbocycles. The fourth-order valence-corrected chi connectivity index (χ4v) is 1.44. The van der Waals surface area contributed by atoms with E-state index >= 15 is 0 Å². The van der Waals surface area contributed by atoms with Crippen LogP contribution in [0.5, 0.6) is 0 Å². The maximum atomic E-state index is 10.9. The van der Waals surface area contributed by atoms with Crippen molar-refractivity contribution in [1.82, 2.24) is 14.8 Å². The van der Waals surface area contributed by atoms with Gasteiger partial charge in [0.2, 0.25) is 0 Å². The lowest BCUT2D eigenvalue weighted by Crippen LogP contribution is -2.09. The van der Waals surface area contributed by atoms with Gasteiger partial charge in [0.15, 0.2) is 5.82 Å². The number of carbonyl (C=O) groups excluding carboxylic acids is 1. The van der Waals surface area contributed by atoms with E-state index < -0.39 is 5.91 Å². The van der Waals surface area contributed by atoms with Gasteiger partial charge in [-0.2, -0.15) is 5.10 Å². The average Bonchev–Trinajstić information content (AvgIpc) is 2.80. The number of hydrogen-bond acceptors (Lipinski definition) is 4. The molecular formula is C11H13N5O. The van der Waals surface area contributed by atoms with Crippen LogP contribution in [0.2, 0.25) is 0 Å². The minimum absolute atomic E-state index is 0.359. The Hall–Kier alpha value is -2.21. The normalized spacial score (nSPS) is 10.4. The first-order valence-corrected chi connectivity index (χ1v) is 5.20. The van der Waals surface area contributed by atoms with Crippen molar-refractivity contribution in [1.29, 1.82) is 0 Å². The molecule has 0 fully saturated rings. The van der Waals surface area contributed by atoms with E-state index in [4.69, 9.17) is 11.5 Å². The third-order valence-electron chi connectivity index (χ3n) is 2.34. The van der Waals surface area contributed by atoms with Crippen LogP contribution in [0.1, 0.15) is 15.9 Å². The summed E-state index contributed by atoms with van der Waals surface area (Å²) in [6.45, 7) is 0.592. The van der Waals surface area contributed by atoms with Crippen LogP contribution in [-0.2, 0) is 6.42 Å². The minimum Gasteiger partial charge on any atom is -0.366 e. The molecule has 0 aliphatic carbocycles. The van der Waals surface area contributed by atoms with Crippen molar-refractivity contribution in [3.63, 3.8) is 0 Å². The highest BCUT2D eigenvalue weighted by atomic mass is 16.1. The van der Waals surface area contributed by atoms with E-state index in [1.807, 2.05) is 12.1 Å². The first kappa shape index (κ1) is 11.3. The van der Waals surface area contributed by atoms with Gasteiger partial charge in [-0.15, -0.1) is 0 Å². The van der Waals surface area contributed by atoms with E-state index in [9.17, 15) is 4.79 Å². The zero-order valence-electron chi connectivity index (χ0n) is 9.21. The summed E-state index contributed by atoms with van der Waals surface area (Å²) in [5, 5.41) is 4.01. The minimum atomic E-state index is -0.504. The molecule has 88 valence electrons. The molecule has 0 saturated heterocycles. The van der Waals surface area contributed by atoms with Crippen LogP contribution in [0.3, 0.4) is 0 Å². The molecule has 6 nitrogen and oxygen atoms in total. The quantitative estimate of drug-likeness (QED) is 0.765. The number of primary amides is 1. The third kappa shape index (κ3) is 2.48. The molecule has 0 aromatic carbocycles. The molecular weight excluding hydrogens is 218 g/mol. The summed E-state index contributed by atoms with van der Waals surface area (Å²) in [6.07, 6.45) is 5.50. The molecule has 2 aromatic rings. The summed E-state index contributed by atoms with van der Waals surface area (Å²) in [4.78, 5) is 15.2. The topological polar surface area (TPSA) is 99.8 Å². The number of rotatable bonds is 4. The molecule has 2 aromatic heterocycles. The van der Waals surface area contributed by atoms with Crippen LogP contribution in [-0.4, -0.2) is 27.2 Å². The molecule has 6 heteroatoms. The molecule has 2 rings (SSSR count). The Kier molecular flexibility index (Phi) is 3.15. The molecule has 0 aliphatic rings. The van der Waals surface area contributed by atoms with Gasteiger partial charge < -0.3 is 11.5 Å². The Labute approximate surface area is 98.3 Å². The molecule has 17 heavy (non-hydrogen) atoms. The van der Waals surface area contributed by atoms with E-state index in [1.54, 1.807) is 12.4 Å². The summed E-state index contributed by atoms with van der Waals surface area (Å²) < 4.78 is 1.51. The summed E-state index contributed by atoms with van der Waals surface area (Å²) in [5.41, 5.74) is 12.0. The van der Waals surface area contributed by atoms with Crippen molar-refractivity contribution < 1.29 is 4.79 Å². The standard InChI is InChI=1S/C11H13N5O/c12-4-3-8-1-2-10(14-5-8)16-7-9(6-15-16)11(13)17/h1-2,5-7H,3-4,12H2,(H2,13,17). The van der Waals surface area contributed by atoms with Crippen LogP contribution >= 0.6 is 0 Å². The lowest BCUT2D eigenvalue weighted by molar-refractivity contribution is 0.100. The van der Waals surface area contributed by atoms with Gasteiger partial charge in [-0.25, -0.2) is 9.67 Å². The van der Waals surface area contributed by atoms with Crippen LogP contribution in [0.4, 0.5) is 0 Å². The van der Waals surface area contributed by atoms with Crippen LogP contribution in [0, 0.1) is 0 Å². The van der Waals surface area contributed by atoms with Crippen LogP contribution < -0.4 is 11.5 Å². The highest BCUT2D eigenvalue weighted by Gasteiger charge is 2.05. The van der Waals surface area contributed by atoms with Gasteiger partial charge in [-0.05, 0) is 24.6 Å². The van der Waals surface area contributed by atoms with E-state index in [0.29, 0.717) is 17.9 Å². The Morgan fingerprint density at radius 1 is 1.35 bits per heavy atom. The van der Waals surface area contributed by atoms with Crippen molar-refractivity contribution in [2.24, 2.45) is 11.5 Å². The fourth-order valence-electron chi connectivity index (χ4n) is 1.44. The smallest absolute Gasteiger partial charge is 0.251 e. The number of amides is 1. The Morgan fingerprint density at radius 3 is 2.71 bits per heavy atom. The van der Waals surface area contributed by atoms with Gasteiger partial charge in [-0.1, -0.05) is 6.07 Å². The van der Waals surface area contributed by atoms with Gasteiger partial charge in [0, 0.05) is 12.4 Å². The van der Waals surface area contributed by atoms with Gasteiger partial charge in [0.05, 0.1) is 11.8 Å². The molecule has 1 amide bonds. The Morgan fingerprint density at radius 2 is 2.18 bits per heavy atom. The second-order valence-corrected chi connectivity index (χ2v) is 3.60. The van der Waals surface area contributed by atoms with Gasteiger partial charge in [0.1, 0.15) is 0 Å². The summed E-state index contributed by atoms with van der Waals surface area (Å²) in [5.74, 6) is 0.134. The highest BCUT2D eigenvalue weighted by Crippen LogP contribution is 2.06. The van der Waals surface area contributed by atoms with Crippen molar-refractivity contribution in [2.75, 3.05) is 6.54 Å². The first-order chi connectivity index (χ1) is 8.20. The van der Waals surface area contributed by atoms with E-state index in [1.165, 1.54) is 10.9 Å². The first-order valence-electron chi connectivity index (χ1n) is 5.20. The average molecular weight is 231 g/mol. The van der Waals surface area contributed by atoms with Gasteiger partial charge in [0.25, 0.3) is 5.91 Å². The molecule has 2 heterocycles. The number of hydrogen-bond donors (Lipinski definition) is 2. The zero-order chi connectivity index (χ0) is 12.3. The van der Waals surface area contributed by atoms with Crippen molar-refractivity contribution in [3.05, 3.63) is 41.9 Å². The number of nitrogens with zero attached hydrogens (tertiary/aromatic N) is 3. The predicted octanol–water partition coefficient (Wildman–Crippen LogP) is -0.133. The van der Waals surface area contributed by atoms with Crippen molar-refractivity contribution in [2.45, 2.75) is 6.42 Å². The molecule has 0 bridgehead atoms. The SMILES string of the molecule is NCCc1ccc(-n2cc(C(N)=O)cn2)nc1. The van der Waals surface area contributed by atoms with Gasteiger partial charge >= 0.3 is 0 Å². The summed E-state index contributed by atoms with van der Waals surface area (Å²) in [6, 6.07) is 3.75. The van der Waals surface area contributed by atoms with Crippen molar-refractivity contribution >= 4 is 5.91 Å². The molecule has 0 radical (unpaired) electrons. The molecule has 0 spiro atoms. The summed E-state index contributed by atoms with van der Waals surface area (Å²) in [7, 11) is 0. The van der Waals surface area contributed by atoms with Crippen LogP contribution in [0.25, 0.3) is 5.82 Å². The number of aromatic nitrogens is 3. The summed E-state index contributed by atoms with van der Waals surface area (Å²) >= 11 is 0. The maximum Gasteiger partial charge on any atom is 0.251 e. The lowest BCUT2D eigenvalue weighted by Gasteiger charge is -2.01. The molecule has 0 aliphatic heterocycles. The lowest BCUT2D eigenvalue weighted by atomic mass is 10.2. The van der Waals surface area contributed by atoms with Crippen molar-refractivity contribution in [3.8, 4) is 5.82 Å². The second-order valence-electron chi connectivity index (χ2n) is 3.60. The molecule has 4 N–H and O–H groups in total. The number of carbonyl (C=O) groups is 1.